The van der Waals surface area contributed by atoms with Crippen molar-refractivity contribution in [1.29, 1.82) is 0 Å². The van der Waals surface area contributed by atoms with E-state index in [4.69, 9.17) is 9.32 Å². The molecule has 4 nitrogen and oxygen atoms in total. The van der Waals surface area contributed by atoms with Gasteiger partial charge < -0.3 is 19.3 Å². The second-order valence-corrected chi connectivity index (χ2v) is 35.9. The highest BCUT2D eigenvalue weighted by atomic mass is 28.3. The van der Waals surface area contributed by atoms with Crippen LogP contribution in [0.4, 0.5) is 0 Å². The summed E-state index contributed by atoms with van der Waals surface area (Å²) in [6.07, 6.45) is 4.65. The zero-order chi connectivity index (χ0) is 31.5. The van der Waals surface area contributed by atoms with Crippen LogP contribution in [0.3, 0.4) is 0 Å². The van der Waals surface area contributed by atoms with Gasteiger partial charge in [-0.2, -0.15) is 0 Å². The number of benzene rings is 1. The van der Waals surface area contributed by atoms with Gasteiger partial charge in [-0.1, -0.05) is 99.0 Å². The molecule has 0 spiro atoms. The van der Waals surface area contributed by atoms with Crippen LogP contribution in [0.25, 0.3) is 0 Å². The van der Waals surface area contributed by atoms with E-state index >= 15 is 0 Å². The van der Waals surface area contributed by atoms with E-state index in [-0.39, 0.29) is 10.8 Å². The summed E-state index contributed by atoms with van der Waals surface area (Å²) in [4.78, 5) is 7.84. The third kappa shape index (κ3) is 14.4. The molecule has 0 amide bonds. The SMILES string of the molecule is CC(C)(C)/C(=C\C(=N\[Si](C)(C)C)c1cccc(C(/C=C(/N[Si](C)(C)C)C(C)(C)C)=N\[Si](C)(C)C)c1)N[Si](C)(C)C. The van der Waals surface area contributed by atoms with Crippen LogP contribution in [-0.2, 0) is 0 Å². The van der Waals surface area contributed by atoms with Crippen LogP contribution in [0.1, 0.15) is 52.7 Å². The fraction of sp³-hybridized carbons (Fsp3) is 0.625. The van der Waals surface area contributed by atoms with Crippen molar-refractivity contribution in [2.45, 2.75) is 120 Å². The third-order valence-electron chi connectivity index (χ3n) is 5.56. The summed E-state index contributed by atoms with van der Waals surface area (Å²) >= 11 is 0. The van der Waals surface area contributed by atoms with Crippen LogP contribution < -0.4 is 9.96 Å². The van der Waals surface area contributed by atoms with Gasteiger partial charge in [-0.3, -0.25) is 0 Å². The Hall–Kier alpha value is -1.49. The summed E-state index contributed by atoms with van der Waals surface area (Å²) in [6.45, 7) is 41.7. The predicted molar refractivity (Wildman–Crippen MR) is 194 cm³/mol. The van der Waals surface area contributed by atoms with Gasteiger partial charge in [0.2, 0.25) is 0 Å². The summed E-state index contributed by atoms with van der Waals surface area (Å²) in [5.74, 6) is 0. The zero-order valence-electron chi connectivity index (χ0n) is 29.4. The molecule has 0 saturated heterocycles. The largest absolute Gasteiger partial charge is 0.414 e. The molecule has 1 aromatic rings. The number of rotatable bonds is 10. The Kier molecular flexibility index (Phi) is 11.7. The Balaban J connectivity index is 3.99. The van der Waals surface area contributed by atoms with Gasteiger partial charge in [0.05, 0.1) is 11.4 Å². The summed E-state index contributed by atoms with van der Waals surface area (Å²) in [7, 11) is -6.64. The molecule has 0 radical (unpaired) electrons. The van der Waals surface area contributed by atoms with Crippen molar-refractivity contribution >= 4 is 44.4 Å². The second kappa shape index (κ2) is 12.8. The molecular weight excluding hydrogens is 553 g/mol. The average molecular weight is 615 g/mol. The van der Waals surface area contributed by atoms with Crippen LogP contribution in [0, 0.1) is 10.8 Å². The van der Waals surface area contributed by atoms with Crippen molar-refractivity contribution in [2.24, 2.45) is 20.1 Å². The molecule has 0 atom stereocenters. The van der Waals surface area contributed by atoms with Gasteiger partial charge >= 0.3 is 0 Å². The summed E-state index contributed by atoms with van der Waals surface area (Å²) in [5, 5.41) is 0. The number of hydrogen-bond acceptors (Lipinski definition) is 4. The normalized spacial score (nSPS) is 15.8. The Morgan fingerprint density at radius 1 is 0.575 bits per heavy atom. The lowest BCUT2D eigenvalue weighted by Crippen LogP contribution is -2.44. The molecule has 1 aromatic carbocycles. The highest BCUT2D eigenvalue weighted by Gasteiger charge is 2.26. The van der Waals surface area contributed by atoms with Crippen molar-refractivity contribution in [3.8, 4) is 0 Å². The fourth-order valence-corrected chi connectivity index (χ4v) is 8.23. The van der Waals surface area contributed by atoms with Gasteiger partial charge in [-0.25, -0.2) is 0 Å². The molecule has 2 N–H and O–H groups in total. The first-order valence-electron chi connectivity index (χ1n) is 14.9. The van der Waals surface area contributed by atoms with E-state index < -0.39 is 32.9 Å². The smallest absolute Gasteiger partial charge is 0.173 e. The molecular formula is C32H62N4Si4. The topological polar surface area (TPSA) is 48.8 Å². The fourth-order valence-electron chi connectivity index (χ4n) is 3.88. The molecule has 0 aliphatic heterocycles. The van der Waals surface area contributed by atoms with Crippen molar-refractivity contribution in [3.05, 3.63) is 58.9 Å². The molecule has 40 heavy (non-hydrogen) atoms. The van der Waals surface area contributed by atoms with E-state index in [0.717, 1.165) is 22.6 Å². The molecule has 0 aliphatic carbocycles. The first-order valence-corrected chi connectivity index (χ1v) is 28.8. The minimum Gasteiger partial charge on any atom is -0.414 e. The third-order valence-corrected chi connectivity index (χ3v) is 9.43. The van der Waals surface area contributed by atoms with Crippen molar-refractivity contribution in [1.82, 2.24) is 9.96 Å². The molecule has 1 rings (SSSR count). The minimum absolute atomic E-state index is 0.00455. The van der Waals surface area contributed by atoms with Gasteiger partial charge in [0, 0.05) is 22.2 Å². The number of nitrogens with one attached hydrogen (secondary N) is 2. The lowest BCUT2D eigenvalue weighted by atomic mass is 9.90. The summed E-state index contributed by atoms with van der Waals surface area (Å²) in [5.41, 5.74) is 6.98. The number of allylic oxidation sites excluding steroid dienone is 4. The predicted octanol–water partition coefficient (Wildman–Crippen LogP) is 9.64. The number of hydrogen-bond donors (Lipinski definition) is 2. The van der Waals surface area contributed by atoms with Crippen LogP contribution in [0.5, 0.6) is 0 Å². The van der Waals surface area contributed by atoms with Crippen LogP contribution in [0.15, 0.2) is 57.1 Å². The standard InChI is InChI=1S/C32H62N4Si4/c1-31(2,3)29(35-39(13,14)15)23-27(33-37(7,8)9)25-20-19-21-26(22-25)28(34-38(10,11)12)24-30(32(4,5)6)36-40(16,17)18/h19-24,35-36H,1-18H3/b29-23+,30-24+,33-27-,34-28-. The Morgan fingerprint density at radius 3 is 1.10 bits per heavy atom. The first kappa shape index (κ1) is 36.5. The maximum atomic E-state index is 5.39. The molecule has 0 fully saturated rings. The van der Waals surface area contributed by atoms with Crippen molar-refractivity contribution in [3.63, 3.8) is 0 Å². The van der Waals surface area contributed by atoms with Crippen molar-refractivity contribution in [2.75, 3.05) is 0 Å². The molecule has 8 heteroatoms. The monoisotopic (exact) mass is 614 g/mol. The van der Waals surface area contributed by atoms with E-state index in [2.05, 4.69) is 166 Å². The van der Waals surface area contributed by atoms with Crippen LogP contribution >= 0.6 is 0 Å². The summed E-state index contributed by atoms with van der Waals surface area (Å²) < 4.78 is 10.8. The Morgan fingerprint density at radius 2 is 0.875 bits per heavy atom. The van der Waals surface area contributed by atoms with Gasteiger partial charge in [-0.15, -0.1) is 0 Å². The molecule has 0 aromatic heterocycles. The molecule has 0 bridgehead atoms. The highest BCUT2D eigenvalue weighted by Crippen LogP contribution is 2.28. The van der Waals surface area contributed by atoms with Crippen molar-refractivity contribution < 1.29 is 0 Å². The average Bonchev–Trinajstić information content (AvgIpc) is 2.66. The van der Waals surface area contributed by atoms with Gasteiger partial charge in [-0.05, 0) is 68.6 Å². The Bertz CT molecular complexity index is 1050. The van der Waals surface area contributed by atoms with Crippen LogP contribution in [0.2, 0.25) is 78.6 Å². The summed E-state index contributed by atoms with van der Waals surface area (Å²) in [6, 6.07) is 8.93. The highest BCUT2D eigenvalue weighted by molar-refractivity contribution is 6.76. The molecule has 0 saturated carbocycles. The number of nitrogens with zero attached hydrogens (tertiary/aromatic N) is 2. The zero-order valence-corrected chi connectivity index (χ0v) is 33.4. The first-order chi connectivity index (χ1) is 17.6. The van der Waals surface area contributed by atoms with Gasteiger partial charge in [0.15, 0.2) is 16.5 Å². The van der Waals surface area contributed by atoms with E-state index in [1.807, 2.05) is 0 Å². The maximum Gasteiger partial charge on any atom is 0.173 e. The van der Waals surface area contributed by atoms with Gasteiger partial charge in [0.1, 0.15) is 16.5 Å². The van der Waals surface area contributed by atoms with E-state index in [1.54, 1.807) is 0 Å². The van der Waals surface area contributed by atoms with E-state index in [9.17, 15) is 0 Å². The molecule has 226 valence electrons. The lowest BCUT2D eigenvalue weighted by molar-refractivity contribution is 0.484. The van der Waals surface area contributed by atoms with Crippen LogP contribution in [-0.4, -0.2) is 44.4 Å². The molecule has 0 heterocycles. The molecule has 0 aliphatic rings. The maximum absolute atomic E-state index is 5.39. The molecule has 0 unspecified atom stereocenters. The second-order valence-electron chi connectivity index (χ2n) is 17.3. The van der Waals surface area contributed by atoms with Gasteiger partial charge in [0.25, 0.3) is 0 Å². The Labute approximate surface area is 252 Å². The lowest BCUT2D eigenvalue weighted by Gasteiger charge is -2.32. The van der Waals surface area contributed by atoms with E-state index in [1.165, 1.54) is 11.4 Å². The minimum atomic E-state index is -1.76. The van der Waals surface area contributed by atoms with E-state index in [0.29, 0.717) is 0 Å². The quantitative estimate of drug-likeness (QED) is 0.204.